The third-order valence-electron chi connectivity index (χ3n) is 4.91. The minimum atomic E-state index is 0.732. The number of benzene rings is 2. The van der Waals surface area contributed by atoms with Crippen LogP contribution in [0.1, 0.15) is 19.3 Å². The molecule has 1 fully saturated rings. The van der Waals surface area contributed by atoms with Crippen LogP contribution < -0.4 is 4.74 Å². The molecule has 140 valence electrons. The predicted molar refractivity (Wildman–Crippen MR) is 111 cm³/mol. The molecule has 0 N–H and O–H groups in total. The van der Waals surface area contributed by atoms with E-state index in [0.29, 0.717) is 0 Å². The first-order valence-corrected chi connectivity index (χ1v) is 10.3. The molecule has 1 aliphatic heterocycles. The van der Waals surface area contributed by atoms with Crippen LogP contribution in [0.3, 0.4) is 0 Å². The lowest BCUT2D eigenvalue weighted by Crippen LogP contribution is -2.33. The lowest BCUT2D eigenvalue weighted by atomic mass is 10.1. The van der Waals surface area contributed by atoms with Crippen LogP contribution in [0.25, 0.3) is 22.6 Å². The Hall–Kier alpha value is -2.11. The van der Waals surface area contributed by atoms with E-state index >= 15 is 0 Å². The van der Waals surface area contributed by atoms with Crippen LogP contribution in [-0.4, -0.2) is 36.3 Å². The molecule has 2 aromatic carbocycles. The predicted octanol–water partition coefficient (Wildman–Crippen LogP) is 5.64. The normalized spacial score (nSPS) is 15.0. The Bertz CT molecular complexity index is 853. The summed E-state index contributed by atoms with van der Waals surface area (Å²) in [5, 5.41) is 4.19. The lowest BCUT2D eigenvalue weighted by molar-refractivity contribution is 0.183. The van der Waals surface area contributed by atoms with Crippen molar-refractivity contribution >= 4 is 15.9 Å². The molecule has 0 spiro atoms. The van der Waals surface area contributed by atoms with Gasteiger partial charge in [0.15, 0.2) is 5.76 Å². The minimum absolute atomic E-state index is 0.732. The van der Waals surface area contributed by atoms with Crippen LogP contribution in [0.15, 0.2) is 63.6 Å². The highest BCUT2D eigenvalue weighted by Gasteiger charge is 2.11. The second-order valence-electron chi connectivity index (χ2n) is 6.86. The molecule has 0 unspecified atom stereocenters. The molecular formula is C22H23BrN2O2. The molecule has 4 nitrogen and oxygen atoms in total. The maximum atomic E-state index is 5.89. The van der Waals surface area contributed by atoms with Gasteiger partial charge in [0.1, 0.15) is 18.1 Å². The van der Waals surface area contributed by atoms with E-state index in [2.05, 4.69) is 26.0 Å². The summed E-state index contributed by atoms with van der Waals surface area (Å²) in [6.45, 7) is 4.14. The van der Waals surface area contributed by atoms with E-state index in [0.717, 1.165) is 46.0 Å². The molecule has 0 radical (unpaired) electrons. The summed E-state index contributed by atoms with van der Waals surface area (Å²) in [5.74, 6) is 1.65. The van der Waals surface area contributed by atoms with E-state index in [-0.39, 0.29) is 0 Å². The number of ether oxygens (including phenoxy) is 1. The molecule has 0 saturated carbocycles. The maximum Gasteiger partial charge on any atom is 0.167 e. The van der Waals surface area contributed by atoms with Gasteiger partial charge in [0, 0.05) is 28.2 Å². The van der Waals surface area contributed by atoms with Crippen molar-refractivity contribution in [1.29, 1.82) is 0 Å². The second kappa shape index (κ2) is 8.72. The van der Waals surface area contributed by atoms with Crippen LogP contribution in [0, 0.1) is 0 Å². The van der Waals surface area contributed by atoms with Gasteiger partial charge in [-0.3, -0.25) is 4.90 Å². The Labute approximate surface area is 168 Å². The molecule has 0 aliphatic carbocycles. The summed E-state index contributed by atoms with van der Waals surface area (Å²) >= 11 is 3.45. The smallest absolute Gasteiger partial charge is 0.167 e. The summed E-state index contributed by atoms with van der Waals surface area (Å²) in [5.41, 5.74) is 2.86. The summed E-state index contributed by atoms with van der Waals surface area (Å²) in [6.07, 6.45) is 3.99. The molecule has 0 amide bonds. The molecule has 0 bridgehead atoms. The highest BCUT2D eigenvalue weighted by Crippen LogP contribution is 2.28. The second-order valence-corrected chi connectivity index (χ2v) is 7.77. The third-order valence-corrected chi connectivity index (χ3v) is 5.44. The van der Waals surface area contributed by atoms with Gasteiger partial charge in [0.2, 0.25) is 0 Å². The first-order chi connectivity index (χ1) is 13.3. The molecule has 1 aliphatic rings. The molecule has 4 rings (SSSR count). The van der Waals surface area contributed by atoms with Gasteiger partial charge in [0.05, 0.1) is 0 Å². The van der Waals surface area contributed by atoms with Gasteiger partial charge in [-0.25, -0.2) is 0 Å². The molecule has 0 atom stereocenters. The Balaban J connectivity index is 1.35. The number of nitrogens with zero attached hydrogens (tertiary/aromatic N) is 2. The quantitative estimate of drug-likeness (QED) is 0.511. The summed E-state index contributed by atoms with van der Waals surface area (Å²) in [7, 11) is 0. The van der Waals surface area contributed by atoms with Crippen LogP contribution >= 0.6 is 15.9 Å². The van der Waals surface area contributed by atoms with E-state index in [1.54, 1.807) is 0 Å². The SMILES string of the molecule is Brc1ccc(-c2cc(-c3ccc(OCCN4CCCCC4)cc3)on2)cc1. The number of piperidine rings is 1. The molecule has 2 heterocycles. The average Bonchev–Trinajstić information content (AvgIpc) is 3.20. The molecule has 1 saturated heterocycles. The fourth-order valence-corrected chi connectivity index (χ4v) is 3.62. The number of rotatable bonds is 6. The number of halogens is 1. The fourth-order valence-electron chi connectivity index (χ4n) is 3.36. The summed E-state index contributed by atoms with van der Waals surface area (Å²) < 4.78 is 12.5. The highest BCUT2D eigenvalue weighted by molar-refractivity contribution is 9.10. The van der Waals surface area contributed by atoms with Gasteiger partial charge in [-0.2, -0.15) is 0 Å². The average molecular weight is 427 g/mol. The zero-order valence-corrected chi connectivity index (χ0v) is 16.8. The maximum absolute atomic E-state index is 5.89. The molecule has 27 heavy (non-hydrogen) atoms. The van der Waals surface area contributed by atoms with Crippen molar-refractivity contribution < 1.29 is 9.26 Å². The van der Waals surface area contributed by atoms with Crippen molar-refractivity contribution in [1.82, 2.24) is 10.1 Å². The number of hydrogen-bond donors (Lipinski definition) is 0. The first kappa shape index (κ1) is 18.3. The van der Waals surface area contributed by atoms with E-state index in [1.807, 2.05) is 54.6 Å². The number of aromatic nitrogens is 1. The largest absolute Gasteiger partial charge is 0.492 e. The number of likely N-dealkylation sites (tertiary alicyclic amines) is 1. The Kier molecular flexibility index (Phi) is 5.90. The van der Waals surface area contributed by atoms with Crippen molar-refractivity contribution in [2.75, 3.05) is 26.2 Å². The monoisotopic (exact) mass is 426 g/mol. The van der Waals surface area contributed by atoms with Crippen molar-refractivity contribution in [3.63, 3.8) is 0 Å². The Morgan fingerprint density at radius 2 is 1.63 bits per heavy atom. The van der Waals surface area contributed by atoms with Gasteiger partial charge in [0.25, 0.3) is 0 Å². The van der Waals surface area contributed by atoms with Gasteiger partial charge in [-0.1, -0.05) is 39.6 Å². The Morgan fingerprint density at radius 1 is 0.926 bits per heavy atom. The molecule has 5 heteroatoms. The number of hydrogen-bond acceptors (Lipinski definition) is 4. The highest BCUT2D eigenvalue weighted by atomic mass is 79.9. The van der Waals surface area contributed by atoms with Crippen molar-refractivity contribution in [3.8, 4) is 28.3 Å². The van der Waals surface area contributed by atoms with Crippen molar-refractivity contribution in [2.45, 2.75) is 19.3 Å². The summed E-state index contributed by atoms with van der Waals surface area (Å²) in [6, 6.07) is 18.0. The van der Waals surface area contributed by atoms with E-state index in [9.17, 15) is 0 Å². The standard InChI is InChI=1S/C22H23BrN2O2/c23-19-8-4-17(5-9-19)21-16-22(27-24-21)18-6-10-20(11-7-18)26-15-14-25-12-2-1-3-13-25/h4-11,16H,1-3,12-15H2. The van der Waals surface area contributed by atoms with Crippen LogP contribution in [0.5, 0.6) is 5.75 Å². The Morgan fingerprint density at radius 3 is 2.37 bits per heavy atom. The molecular weight excluding hydrogens is 404 g/mol. The van der Waals surface area contributed by atoms with Gasteiger partial charge in [-0.05, 0) is 62.3 Å². The van der Waals surface area contributed by atoms with Crippen LogP contribution in [0.4, 0.5) is 0 Å². The summed E-state index contributed by atoms with van der Waals surface area (Å²) in [4.78, 5) is 2.48. The van der Waals surface area contributed by atoms with Crippen molar-refractivity contribution in [2.24, 2.45) is 0 Å². The van der Waals surface area contributed by atoms with Gasteiger partial charge in [-0.15, -0.1) is 0 Å². The van der Waals surface area contributed by atoms with E-state index in [4.69, 9.17) is 9.26 Å². The zero-order chi connectivity index (χ0) is 18.5. The topological polar surface area (TPSA) is 38.5 Å². The lowest BCUT2D eigenvalue weighted by Gasteiger charge is -2.26. The zero-order valence-electron chi connectivity index (χ0n) is 15.2. The third kappa shape index (κ3) is 4.79. The van der Waals surface area contributed by atoms with E-state index < -0.39 is 0 Å². The van der Waals surface area contributed by atoms with Crippen LogP contribution in [-0.2, 0) is 0 Å². The van der Waals surface area contributed by atoms with Crippen molar-refractivity contribution in [3.05, 3.63) is 59.1 Å². The van der Waals surface area contributed by atoms with Gasteiger partial charge >= 0.3 is 0 Å². The van der Waals surface area contributed by atoms with Crippen LogP contribution in [0.2, 0.25) is 0 Å². The van der Waals surface area contributed by atoms with E-state index in [1.165, 1.54) is 32.4 Å². The molecule has 3 aromatic rings. The fraction of sp³-hybridized carbons (Fsp3) is 0.318. The minimum Gasteiger partial charge on any atom is -0.492 e. The van der Waals surface area contributed by atoms with Gasteiger partial charge < -0.3 is 9.26 Å². The first-order valence-electron chi connectivity index (χ1n) is 9.46. The molecule has 1 aromatic heterocycles.